The molecule has 1 saturated heterocycles. The first-order chi connectivity index (χ1) is 16.8. The number of amides is 1. The number of ether oxygens (including phenoxy) is 3. The molecule has 0 aliphatic carbocycles. The first kappa shape index (κ1) is 26.4. The van der Waals surface area contributed by atoms with Crippen LogP contribution in [0.3, 0.4) is 0 Å². The Hall–Kier alpha value is -3.16. The normalized spacial score (nSPS) is 13.9. The van der Waals surface area contributed by atoms with Gasteiger partial charge in [-0.3, -0.25) is 9.59 Å². The van der Waals surface area contributed by atoms with E-state index < -0.39 is 0 Å². The van der Waals surface area contributed by atoms with Crippen molar-refractivity contribution in [3.63, 3.8) is 0 Å². The zero-order valence-corrected chi connectivity index (χ0v) is 21.1. The van der Waals surface area contributed by atoms with Crippen molar-refractivity contribution in [2.24, 2.45) is 0 Å². The highest BCUT2D eigenvalue weighted by molar-refractivity contribution is 5.95. The molecule has 7 heteroatoms. The first-order valence-corrected chi connectivity index (χ1v) is 12.2. The number of morpholine rings is 1. The number of benzene rings is 2. The summed E-state index contributed by atoms with van der Waals surface area (Å²) in [5, 5.41) is 0. The van der Waals surface area contributed by atoms with Crippen LogP contribution in [0.4, 0.5) is 0 Å². The van der Waals surface area contributed by atoms with Crippen molar-refractivity contribution in [1.29, 1.82) is 0 Å². The third-order valence-electron chi connectivity index (χ3n) is 6.02. The van der Waals surface area contributed by atoms with E-state index in [4.69, 9.17) is 14.2 Å². The van der Waals surface area contributed by atoms with Crippen LogP contribution in [0.2, 0.25) is 0 Å². The van der Waals surface area contributed by atoms with Gasteiger partial charge in [0, 0.05) is 30.6 Å². The van der Waals surface area contributed by atoms with E-state index in [0.717, 1.165) is 5.56 Å². The number of para-hydroxylation sites is 1. The minimum atomic E-state index is 0.0985. The Kier molecular flexibility index (Phi) is 9.46. The molecule has 3 rings (SSSR count). The lowest BCUT2D eigenvalue weighted by Gasteiger charge is -2.33. The lowest BCUT2D eigenvalue weighted by atomic mass is 10.1. The predicted octanol–water partition coefficient (Wildman–Crippen LogP) is 4.11. The van der Waals surface area contributed by atoms with Gasteiger partial charge in [-0.05, 0) is 36.8 Å². The summed E-state index contributed by atoms with van der Waals surface area (Å²) in [4.78, 5) is 26.5. The van der Waals surface area contributed by atoms with E-state index >= 15 is 0 Å². The summed E-state index contributed by atoms with van der Waals surface area (Å²) in [6.45, 7) is 9.70. The Balaban J connectivity index is 1.66. The number of carbonyl (C=O) groups excluding carboxylic acids is 2. The van der Waals surface area contributed by atoms with Crippen LogP contribution < -0.4 is 9.47 Å². The van der Waals surface area contributed by atoms with Crippen LogP contribution in [0.1, 0.15) is 29.3 Å². The largest absolute Gasteiger partial charge is 0.483 e. The van der Waals surface area contributed by atoms with E-state index in [2.05, 4.69) is 6.58 Å². The summed E-state index contributed by atoms with van der Waals surface area (Å²) < 4.78 is 18.3. The Labute approximate surface area is 208 Å². The summed E-state index contributed by atoms with van der Waals surface area (Å²) in [5.41, 5.74) is 1.65. The topological polar surface area (TPSA) is 65.1 Å². The quantitative estimate of drug-likeness (QED) is 0.259. The minimum Gasteiger partial charge on any atom is -0.483 e. The molecule has 0 saturated carbocycles. The summed E-state index contributed by atoms with van der Waals surface area (Å²) in [5.74, 6) is 2.14. The average Bonchev–Trinajstić information content (AvgIpc) is 2.86. The van der Waals surface area contributed by atoms with Crippen LogP contribution in [0.5, 0.6) is 17.2 Å². The molecular weight excluding hydrogens is 444 g/mol. The van der Waals surface area contributed by atoms with Crippen molar-refractivity contribution in [2.45, 2.75) is 19.8 Å². The van der Waals surface area contributed by atoms with Gasteiger partial charge in [-0.25, -0.2) is 0 Å². The molecule has 0 bridgehead atoms. The molecule has 35 heavy (non-hydrogen) atoms. The number of carbonyl (C=O) groups is 2. The average molecular weight is 482 g/mol. The Morgan fingerprint density at radius 1 is 1.11 bits per heavy atom. The summed E-state index contributed by atoms with van der Waals surface area (Å²) in [6, 6.07) is 12.9. The number of hydrogen-bond donors (Lipinski definition) is 0. The molecule has 0 atom stereocenters. The Bertz CT molecular complexity index is 1010. The predicted molar refractivity (Wildman–Crippen MR) is 136 cm³/mol. The number of likely N-dealkylation sites (N-methyl/N-ethyl adjacent to an activating group) is 1. The molecule has 2 aromatic rings. The molecule has 1 fully saturated rings. The van der Waals surface area contributed by atoms with Gasteiger partial charge in [-0.2, -0.15) is 0 Å². The third kappa shape index (κ3) is 7.67. The third-order valence-corrected chi connectivity index (χ3v) is 6.02. The lowest BCUT2D eigenvalue weighted by Crippen LogP contribution is -2.52. The smallest absolute Gasteiger partial charge is 0.277 e. The molecule has 0 radical (unpaired) electrons. The van der Waals surface area contributed by atoms with Crippen molar-refractivity contribution in [3.8, 4) is 17.2 Å². The minimum absolute atomic E-state index is 0.0985. The van der Waals surface area contributed by atoms with Gasteiger partial charge in [0.15, 0.2) is 23.8 Å². The molecular formula is C28H37N2O5+. The van der Waals surface area contributed by atoms with Gasteiger partial charge >= 0.3 is 0 Å². The number of allylic oxidation sites excluding steroid dienone is 1. The monoisotopic (exact) mass is 481 g/mol. The molecule has 1 aliphatic heterocycles. The van der Waals surface area contributed by atoms with Gasteiger partial charge in [0.25, 0.3) is 5.91 Å². The van der Waals surface area contributed by atoms with E-state index in [-0.39, 0.29) is 11.7 Å². The summed E-state index contributed by atoms with van der Waals surface area (Å²) in [7, 11) is 4.07. The molecule has 7 nitrogen and oxygen atoms in total. The number of rotatable bonds is 12. The van der Waals surface area contributed by atoms with Crippen molar-refractivity contribution < 1.29 is 28.3 Å². The first-order valence-electron chi connectivity index (χ1n) is 12.2. The maximum atomic E-state index is 12.7. The molecule has 0 aromatic heterocycles. The van der Waals surface area contributed by atoms with E-state index in [1.54, 1.807) is 24.3 Å². The van der Waals surface area contributed by atoms with Gasteiger partial charge < -0.3 is 23.6 Å². The number of quaternary nitrogens is 1. The second-order valence-corrected chi connectivity index (χ2v) is 9.30. The van der Waals surface area contributed by atoms with Gasteiger partial charge in [0.1, 0.15) is 18.9 Å². The fourth-order valence-corrected chi connectivity index (χ4v) is 3.91. The Morgan fingerprint density at radius 2 is 1.83 bits per heavy atom. The fourth-order valence-electron chi connectivity index (χ4n) is 3.91. The van der Waals surface area contributed by atoms with Crippen LogP contribution in [0, 0.1) is 0 Å². The van der Waals surface area contributed by atoms with Gasteiger partial charge in [-0.1, -0.05) is 25.1 Å². The summed E-state index contributed by atoms with van der Waals surface area (Å²) in [6.07, 6.45) is 2.94. The second-order valence-electron chi connectivity index (χ2n) is 9.30. The van der Waals surface area contributed by atoms with Crippen molar-refractivity contribution in [2.75, 3.05) is 60.1 Å². The zero-order chi connectivity index (χ0) is 25.3. The second kappa shape index (κ2) is 12.5. The van der Waals surface area contributed by atoms with E-state index in [9.17, 15) is 9.59 Å². The van der Waals surface area contributed by atoms with E-state index in [0.29, 0.717) is 86.1 Å². The molecule has 1 heterocycles. The van der Waals surface area contributed by atoms with Crippen molar-refractivity contribution in [3.05, 3.63) is 66.2 Å². The highest BCUT2D eigenvalue weighted by atomic mass is 16.5. The highest BCUT2D eigenvalue weighted by Gasteiger charge is 2.26. The summed E-state index contributed by atoms with van der Waals surface area (Å²) >= 11 is 0. The van der Waals surface area contributed by atoms with Gasteiger partial charge in [-0.15, -0.1) is 6.58 Å². The molecule has 1 amide bonds. The zero-order valence-electron chi connectivity index (χ0n) is 21.1. The number of nitrogens with zero attached hydrogens (tertiary/aromatic N) is 2. The molecule has 0 N–H and O–H groups in total. The van der Waals surface area contributed by atoms with Gasteiger partial charge in [0.05, 0.1) is 27.3 Å². The molecule has 0 unspecified atom stereocenters. The Morgan fingerprint density at radius 3 is 2.49 bits per heavy atom. The number of ketones is 1. The van der Waals surface area contributed by atoms with Crippen LogP contribution >= 0.6 is 0 Å². The molecule has 2 aromatic carbocycles. The van der Waals surface area contributed by atoms with Crippen LogP contribution in [-0.2, 0) is 16.0 Å². The highest BCUT2D eigenvalue weighted by Crippen LogP contribution is 2.35. The van der Waals surface area contributed by atoms with Crippen LogP contribution in [0.25, 0.3) is 0 Å². The van der Waals surface area contributed by atoms with Gasteiger partial charge in [0.2, 0.25) is 0 Å². The van der Waals surface area contributed by atoms with Crippen molar-refractivity contribution in [1.82, 2.24) is 4.90 Å². The fraction of sp³-hybridized carbons (Fsp3) is 0.429. The lowest BCUT2D eigenvalue weighted by molar-refractivity contribution is -0.882. The standard InChI is InChI=1S/C28H37N2O5/c1-5-8-23-9-7-10-26(35-24-13-11-22(12-14-24)25(31)6-2)28(23)34-20-17-30(3,4)21-27(32)29-15-18-33-19-16-29/h5,7,9-14H,1,6,8,15-21H2,2-4H3/q+1. The SMILES string of the molecule is C=CCc1cccc(Oc2ccc(C(=O)CC)cc2)c1OCC[N+](C)(C)CC(=O)N1CCOCC1. The number of Topliss-reactive ketones (excluding diaryl/α,β-unsaturated/α-hetero) is 1. The van der Waals surface area contributed by atoms with Crippen LogP contribution in [0.15, 0.2) is 55.1 Å². The molecule has 188 valence electrons. The van der Waals surface area contributed by atoms with E-state index in [1.807, 2.05) is 50.2 Å². The van der Waals surface area contributed by atoms with E-state index in [1.165, 1.54) is 0 Å². The number of hydrogen-bond acceptors (Lipinski definition) is 5. The molecule has 1 aliphatic rings. The van der Waals surface area contributed by atoms with Crippen molar-refractivity contribution >= 4 is 11.7 Å². The van der Waals surface area contributed by atoms with Crippen LogP contribution in [-0.4, -0.2) is 81.2 Å². The maximum Gasteiger partial charge on any atom is 0.277 e. The molecule has 0 spiro atoms. The maximum absolute atomic E-state index is 12.7.